The van der Waals surface area contributed by atoms with Gasteiger partial charge in [0.1, 0.15) is 0 Å². The topological polar surface area (TPSA) is 63.4 Å². The molecule has 2 aromatic rings. The average Bonchev–Trinajstić information content (AvgIpc) is 2.42. The van der Waals surface area contributed by atoms with Crippen LogP contribution < -0.4 is 0 Å². The van der Waals surface area contributed by atoms with E-state index < -0.39 is 4.92 Å². The summed E-state index contributed by atoms with van der Waals surface area (Å²) in [5.41, 5.74) is 2.83. The van der Waals surface area contributed by atoms with Gasteiger partial charge in [-0.25, -0.2) is 0 Å². The molecular weight excluding hydrogens is 274 g/mol. The molecule has 0 fully saturated rings. The van der Waals surface area contributed by atoms with Crippen LogP contribution in [0.15, 0.2) is 46.2 Å². The fraction of sp³-hybridized carbons (Fsp3) is 0.200. The fourth-order valence-electron chi connectivity index (χ4n) is 1.92. The van der Waals surface area contributed by atoms with Crippen LogP contribution in [0.25, 0.3) is 0 Å². The lowest BCUT2D eigenvalue weighted by molar-refractivity contribution is -0.387. The molecule has 4 nitrogen and oxygen atoms in total. The Morgan fingerprint density at radius 1 is 1.15 bits per heavy atom. The Morgan fingerprint density at radius 3 is 2.45 bits per heavy atom. The molecule has 2 rings (SSSR count). The molecule has 0 amide bonds. The zero-order valence-corrected chi connectivity index (χ0v) is 12.1. The smallest absolute Gasteiger partial charge is 0.283 e. The van der Waals surface area contributed by atoms with Crippen LogP contribution in [0.1, 0.15) is 16.7 Å². The van der Waals surface area contributed by atoms with Gasteiger partial charge in [-0.1, -0.05) is 35.5 Å². The van der Waals surface area contributed by atoms with E-state index in [-0.39, 0.29) is 12.3 Å². The molecule has 0 saturated carbocycles. The van der Waals surface area contributed by atoms with Crippen molar-refractivity contribution in [2.75, 3.05) is 0 Å². The Balaban J connectivity index is 2.40. The lowest BCUT2D eigenvalue weighted by Crippen LogP contribution is -1.94. The predicted octanol–water partition coefficient (Wildman–Crippen LogP) is 3.86. The normalized spacial score (nSPS) is 10.6. The van der Waals surface area contributed by atoms with Crippen molar-refractivity contribution < 1.29 is 10.0 Å². The maximum absolute atomic E-state index is 11.1. The summed E-state index contributed by atoms with van der Waals surface area (Å²) in [6.07, 6.45) is 0. The van der Waals surface area contributed by atoms with Gasteiger partial charge < -0.3 is 5.11 Å². The Hall–Kier alpha value is -1.85. The molecule has 0 spiro atoms. The van der Waals surface area contributed by atoms with Crippen molar-refractivity contribution >= 4 is 17.4 Å². The number of aryl methyl sites for hydroxylation is 2. The fourth-order valence-corrected chi connectivity index (χ4v) is 2.89. The zero-order chi connectivity index (χ0) is 14.7. The maximum Gasteiger partial charge on any atom is 0.283 e. The lowest BCUT2D eigenvalue weighted by atomic mass is 10.2. The Kier molecular flexibility index (Phi) is 4.42. The molecule has 0 aliphatic heterocycles. The highest BCUT2D eigenvalue weighted by molar-refractivity contribution is 7.99. The summed E-state index contributed by atoms with van der Waals surface area (Å²) in [4.78, 5) is 12.3. The quantitative estimate of drug-likeness (QED) is 0.686. The summed E-state index contributed by atoms with van der Waals surface area (Å²) >= 11 is 1.37. The van der Waals surface area contributed by atoms with Crippen LogP contribution in [-0.2, 0) is 6.61 Å². The minimum Gasteiger partial charge on any atom is -0.392 e. The third kappa shape index (κ3) is 3.18. The van der Waals surface area contributed by atoms with Gasteiger partial charge in [0.05, 0.1) is 16.4 Å². The summed E-state index contributed by atoms with van der Waals surface area (Å²) < 4.78 is 0. The molecule has 104 valence electrons. The number of rotatable bonds is 4. The first-order valence-electron chi connectivity index (χ1n) is 6.14. The van der Waals surface area contributed by atoms with Crippen molar-refractivity contribution in [1.29, 1.82) is 0 Å². The van der Waals surface area contributed by atoms with Crippen molar-refractivity contribution in [3.05, 3.63) is 63.2 Å². The number of nitro benzene ring substituents is 1. The van der Waals surface area contributed by atoms with E-state index >= 15 is 0 Å². The first-order valence-corrected chi connectivity index (χ1v) is 6.96. The van der Waals surface area contributed by atoms with Gasteiger partial charge in [-0.15, -0.1) is 0 Å². The number of benzene rings is 2. The molecule has 2 aromatic carbocycles. The van der Waals surface area contributed by atoms with Crippen molar-refractivity contribution in [1.82, 2.24) is 0 Å². The molecule has 20 heavy (non-hydrogen) atoms. The Bertz CT molecular complexity index is 656. The minimum atomic E-state index is -0.412. The van der Waals surface area contributed by atoms with Crippen LogP contribution >= 0.6 is 11.8 Å². The van der Waals surface area contributed by atoms with Crippen molar-refractivity contribution in [3.63, 3.8) is 0 Å². The van der Waals surface area contributed by atoms with E-state index in [9.17, 15) is 10.1 Å². The predicted molar refractivity (Wildman–Crippen MR) is 79.1 cm³/mol. The SMILES string of the molecule is Cc1ccc(Sc2ccc(CO)cc2[N+](=O)[O-])c(C)c1. The Labute approximate surface area is 121 Å². The van der Waals surface area contributed by atoms with E-state index in [0.717, 1.165) is 16.0 Å². The molecule has 0 heterocycles. The highest BCUT2D eigenvalue weighted by atomic mass is 32.2. The van der Waals surface area contributed by atoms with Gasteiger partial charge in [0.2, 0.25) is 0 Å². The summed E-state index contributed by atoms with van der Waals surface area (Å²) in [6, 6.07) is 10.8. The number of aliphatic hydroxyl groups excluding tert-OH is 1. The molecule has 5 heteroatoms. The molecular formula is C15H15NO3S. The van der Waals surface area contributed by atoms with E-state index in [1.165, 1.54) is 17.8 Å². The molecule has 0 atom stereocenters. The number of hydrogen-bond acceptors (Lipinski definition) is 4. The van der Waals surface area contributed by atoms with Gasteiger partial charge in [-0.3, -0.25) is 10.1 Å². The van der Waals surface area contributed by atoms with Gasteiger partial charge in [-0.05, 0) is 37.1 Å². The first kappa shape index (κ1) is 14.6. The Morgan fingerprint density at radius 2 is 1.85 bits per heavy atom. The van der Waals surface area contributed by atoms with E-state index in [1.54, 1.807) is 12.1 Å². The summed E-state index contributed by atoms with van der Waals surface area (Å²) in [5, 5.41) is 20.2. The molecule has 0 unspecified atom stereocenters. The van der Waals surface area contributed by atoms with Crippen LogP contribution in [-0.4, -0.2) is 10.0 Å². The van der Waals surface area contributed by atoms with Crippen molar-refractivity contribution in [2.45, 2.75) is 30.2 Å². The molecule has 1 N–H and O–H groups in total. The molecule has 0 aliphatic rings. The second-order valence-electron chi connectivity index (χ2n) is 4.59. The number of aliphatic hydroxyl groups is 1. The molecule has 0 aromatic heterocycles. The van der Waals surface area contributed by atoms with E-state index in [1.807, 2.05) is 26.0 Å². The highest BCUT2D eigenvalue weighted by Gasteiger charge is 2.16. The van der Waals surface area contributed by atoms with Crippen LogP contribution in [0.5, 0.6) is 0 Å². The van der Waals surface area contributed by atoms with Gasteiger partial charge in [0.15, 0.2) is 0 Å². The number of nitro groups is 1. The lowest BCUT2D eigenvalue weighted by Gasteiger charge is -2.08. The minimum absolute atomic E-state index is 0.0292. The molecule has 0 saturated heterocycles. The second-order valence-corrected chi connectivity index (χ2v) is 5.67. The zero-order valence-electron chi connectivity index (χ0n) is 11.3. The largest absolute Gasteiger partial charge is 0.392 e. The number of hydrogen-bond donors (Lipinski definition) is 1. The second kappa shape index (κ2) is 6.07. The van der Waals surface area contributed by atoms with Crippen LogP contribution in [0.3, 0.4) is 0 Å². The first-order chi connectivity index (χ1) is 9.51. The molecule has 0 bridgehead atoms. The maximum atomic E-state index is 11.1. The number of nitrogens with zero attached hydrogens (tertiary/aromatic N) is 1. The van der Waals surface area contributed by atoms with E-state index in [0.29, 0.717) is 10.5 Å². The third-order valence-corrected chi connectivity index (χ3v) is 4.20. The summed E-state index contributed by atoms with van der Waals surface area (Å²) in [7, 11) is 0. The van der Waals surface area contributed by atoms with Crippen LogP contribution in [0, 0.1) is 24.0 Å². The van der Waals surface area contributed by atoms with Gasteiger partial charge in [-0.2, -0.15) is 0 Å². The third-order valence-electron chi connectivity index (χ3n) is 2.95. The van der Waals surface area contributed by atoms with Crippen molar-refractivity contribution in [2.24, 2.45) is 0 Å². The van der Waals surface area contributed by atoms with E-state index in [4.69, 9.17) is 5.11 Å². The molecule has 0 aliphatic carbocycles. The molecule has 0 radical (unpaired) electrons. The average molecular weight is 289 g/mol. The van der Waals surface area contributed by atoms with E-state index in [2.05, 4.69) is 6.07 Å². The van der Waals surface area contributed by atoms with Crippen LogP contribution in [0.4, 0.5) is 5.69 Å². The monoisotopic (exact) mass is 289 g/mol. The van der Waals surface area contributed by atoms with Gasteiger partial charge >= 0.3 is 0 Å². The van der Waals surface area contributed by atoms with Crippen LogP contribution in [0.2, 0.25) is 0 Å². The van der Waals surface area contributed by atoms with Crippen molar-refractivity contribution in [3.8, 4) is 0 Å². The highest BCUT2D eigenvalue weighted by Crippen LogP contribution is 2.37. The summed E-state index contributed by atoms with van der Waals surface area (Å²) in [6.45, 7) is 3.80. The van der Waals surface area contributed by atoms with Gasteiger partial charge in [0.25, 0.3) is 5.69 Å². The standard InChI is InChI=1S/C15H15NO3S/c1-10-3-5-14(11(2)7-10)20-15-6-4-12(9-17)8-13(15)16(18)19/h3-8,17H,9H2,1-2H3. The summed E-state index contributed by atoms with van der Waals surface area (Å²) in [5.74, 6) is 0. The van der Waals surface area contributed by atoms with Gasteiger partial charge in [0, 0.05) is 11.0 Å².